The number of nitrogens with zero attached hydrogens (tertiary/aromatic N) is 6. The van der Waals surface area contributed by atoms with Crippen molar-refractivity contribution in [2.45, 2.75) is 143 Å². The lowest BCUT2D eigenvalue weighted by molar-refractivity contribution is 0.0224. The summed E-state index contributed by atoms with van der Waals surface area (Å²) in [6.45, 7) is 25.4. The molecule has 2 aromatic heterocycles. The van der Waals surface area contributed by atoms with E-state index in [0.717, 1.165) is 78.3 Å². The Morgan fingerprint density at radius 2 is 1.44 bits per heavy atom. The van der Waals surface area contributed by atoms with Crippen molar-refractivity contribution in [2.24, 2.45) is 7.05 Å². The van der Waals surface area contributed by atoms with E-state index in [4.69, 9.17) is 13.9 Å². The van der Waals surface area contributed by atoms with Gasteiger partial charge in [-0.25, -0.2) is 9.78 Å². The van der Waals surface area contributed by atoms with Crippen LogP contribution in [0.1, 0.15) is 130 Å². The number of anilines is 2. The van der Waals surface area contributed by atoms with E-state index in [1.54, 1.807) is 29.2 Å². The second-order valence-corrected chi connectivity index (χ2v) is 27.3. The number of fused-ring (bicyclic) bond motifs is 2. The summed E-state index contributed by atoms with van der Waals surface area (Å²) >= 11 is 0. The Labute approximate surface area is 423 Å². The number of amides is 3. The number of rotatable bonds is 13. The number of carbonyl (C=O) groups is 3. The van der Waals surface area contributed by atoms with Gasteiger partial charge in [0.2, 0.25) is 5.88 Å². The maximum Gasteiger partial charge on any atom is 0.410 e. The number of piperidine rings is 1. The van der Waals surface area contributed by atoms with Crippen molar-refractivity contribution in [3.63, 3.8) is 0 Å². The quantitative estimate of drug-likeness (QED) is 0.107. The molecular weight excluding hydrogens is 905 g/mol. The van der Waals surface area contributed by atoms with Gasteiger partial charge >= 0.3 is 6.09 Å². The number of carbonyl (C=O) groups excluding carboxylic acids is 3. The second kappa shape index (κ2) is 21.0. The first-order chi connectivity index (χ1) is 33.8. The molecule has 378 valence electrons. The topological polar surface area (TPSA) is 110 Å². The fourth-order valence-electron chi connectivity index (χ4n) is 11.6. The fourth-order valence-corrected chi connectivity index (χ4v) is 16.8. The van der Waals surface area contributed by atoms with E-state index in [-0.39, 0.29) is 23.9 Å². The van der Waals surface area contributed by atoms with Crippen LogP contribution in [0.4, 0.5) is 16.2 Å². The van der Waals surface area contributed by atoms with Gasteiger partial charge in [0.1, 0.15) is 11.4 Å². The molecule has 0 bridgehead atoms. The van der Waals surface area contributed by atoms with Crippen LogP contribution in [-0.4, -0.2) is 95.4 Å². The molecule has 12 nitrogen and oxygen atoms in total. The SMILES string of the molecule is COc1ccc(N(C(=O)c2cc(-c3cc4c(cc3C(=O)N3Cc5ccccc5C[C@H]3CN3CCCCC3)CN(C(=O)OC(C)(C)C)CC4)n(C)c2C)c2ccc(O[Si](C(C)C)(C(C)C)C(C)C)cc2)cn1. The van der Waals surface area contributed by atoms with Crippen LogP contribution in [0.3, 0.4) is 0 Å². The molecule has 5 heterocycles. The minimum atomic E-state index is -2.25. The van der Waals surface area contributed by atoms with Crippen LogP contribution in [0.15, 0.2) is 85.1 Å². The highest BCUT2D eigenvalue weighted by Gasteiger charge is 2.47. The summed E-state index contributed by atoms with van der Waals surface area (Å²) in [5, 5.41) is 0. The Morgan fingerprint density at radius 1 is 0.775 bits per heavy atom. The van der Waals surface area contributed by atoms with Crippen molar-refractivity contribution in [1.82, 2.24) is 24.3 Å². The normalized spacial score (nSPS) is 16.5. The van der Waals surface area contributed by atoms with Gasteiger partial charge in [0.15, 0.2) is 0 Å². The van der Waals surface area contributed by atoms with Crippen LogP contribution >= 0.6 is 0 Å². The number of methoxy groups -OCH3 is 1. The van der Waals surface area contributed by atoms with Crippen LogP contribution < -0.4 is 14.1 Å². The molecule has 3 aromatic carbocycles. The average Bonchev–Trinajstić information content (AvgIpc) is 3.64. The Bertz CT molecular complexity index is 2700. The number of ether oxygens (including phenoxy) is 2. The van der Waals surface area contributed by atoms with E-state index in [0.29, 0.717) is 71.1 Å². The molecule has 3 aliphatic rings. The lowest BCUT2D eigenvalue weighted by Gasteiger charge is -2.42. The smallest absolute Gasteiger partial charge is 0.410 e. The molecule has 1 fully saturated rings. The summed E-state index contributed by atoms with van der Waals surface area (Å²) in [5.74, 6) is 0.931. The van der Waals surface area contributed by atoms with Gasteiger partial charge in [-0.05, 0) is 154 Å². The highest BCUT2D eigenvalue weighted by atomic mass is 28.4. The number of hydrogen-bond acceptors (Lipinski definition) is 8. The van der Waals surface area contributed by atoms with E-state index in [9.17, 15) is 4.79 Å². The van der Waals surface area contributed by atoms with E-state index in [2.05, 4.69) is 86.7 Å². The minimum Gasteiger partial charge on any atom is -0.543 e. The zero-order chi connectivity index (χ0) is 50.9. The number of benzene rings is 3. The van der Waals surface area contributed by atoms with Gasteiger partial charge in [0, 0.05) is 73.5 Å². The van der Waals surface area contributed by atoms with Crippen molar-refractivity contribution in [3.8, 4) is 22.9 Å². The highest BCUT2D eigenvalue weighted by molar-refractivity contribution is 6.78. The predicted molar refractivity (Wildman–Crippen MR) is 285 cm³/mol. The summed E-state index contributed by atoms with van der Waals surface area (Å²) < 4.78 is 20.3. The lowest BCUT2D eigenvalue weighted by Crippen LogP contribution is -2.51. The van der Waals surface area contributed by atoms with Gasteiger partial charge in [-0.2, -0.15) is 0 Å². The van der Waals surface area contributed by atoms with Crippen LogP contribution in [0.25, 0.3) is 11.3 Å². The van der Waals surface area contributed by atoms with Crippen molar-refractivity contribution in [3.05, 3.63) is 124 Å². The zero-order valence-electron chi connectivity index (χ0n) is 44.3. The third-order valence-electron chi connectivity index (χ3n) is 15.3. The van der Waals surface area contributed by atoms with E-state index < -0.39 is 13.9 Å². The molecule has 3 amide bonds. The average molecular weight is 981 g/mol. The van der Waals surface area contributed by atoms with Gasteiger partial charge in [0.25, 0.3) is 20.1 Å². The first kappa shape index (κ1) is 51.4. The molecule has 0 N–H and O–H groups in total. The molecule has 0 spiro atoms. The minimum absolute atomic E-state index is 0.0340. The first-order valence-corrected chi connectivity index (χ1v) is 28.0. The highest BCUT2D eigenvalue weighted by Crippen LogP contribution is 2.44. The van der Waals surface area contributed by atoms with Crippen molar-refractivity contribution < 1.29 is 28.3 Å². The van der Waals surface area contributed by atoms with Crippen LogP contribution in [0, 0.1) is 6.92 Å². The second-order valence-electron chi connectivity index (χ2n) is 21.9. The first-order valence-electron chi connectivity index (χ1n) is 25.8. The summed E-state index contributed by atoms with van der Waals surface area (Å²) in [6.07, 6.45) is 6.21. The van der Waals surface area contributed by atoms with Gasteiger partial charge in [-0.1, -0.05) is 72.2 Å². The van der Waals surface area contributed by atoms with Crippen LogP contribution in [0.5, 0.6) is 11.6 Å². The Morgan fingerprint density at radius 3 is 2.06 bits per heavy atom. The van der Waals surface area contributed by atoms with Crippen LogP contribution in [0.2, 0.25) is 16.6 Å². The molecule has 0 saturated carbocycles. The Kier molecular flexibility index (Phi) is 15.2. The summed E-state index contributed by atoms with van der Waals surface area (Å²) in [7, 11) is 1.29. The standard InChI is InChI=1S/C58H76N6O6Si/c1-38(2)71(39(3)4,40(5)6)70-49-23-20-46(21-24-49)64(47-22-25-54(68-12)59-34-47)56(66)50-33-53(60(11)41(50)7)51-31-43-26-29-62(57(67)69-58(8,9)10)35-45(43)32-52(51)55(65)63-36-44-19-15-14-18-42(44)30-48(63)37-61-27-16-13-17-28-61/h14-15,18-25,31-34,38-40,48H,13,16-17,26-30,35-37H2,1-12H3/t48-/m0/s1. The summed E-state index contributed by atoms with van der Waals surface area (Å²) in [5.41, 5.74) is 9.52. The zero-order valence-corrected chi connectivity index (χ0v) is 45.3. The third kappa shape index (κ3) is 10.7. The maximum atomic E-state index is 15.7. The monoisotopic (exact) mass is 981 g/mol. The number of likely N-dealkylation sites (tertiary alicyclic amines) is 1. The van der Waals surface area contributed by atoms with E-state index in [1.807, 2.05) is 81.8 Å². The number of pyridine rings is 1. The molecule has 71 heavy (non-hydrogen) atoms. The Balaban J connectivity index is 1.22. The molecule has 1 saturated heterocycles. The lowest BCUT2D eigenvalue weighted by atomic mass is 9.89. The van der Waals surface area contributed by atoms with Gasteiger partial charge in [-0.15, -0.1) is 0 Å². The van der Waals surface area contributed by atoms with Gasteiger partial charge < -0.3 is 33.2 Å². The van der Waals surface area contributed by atoms with Gasteiger partial charge in [0.05, 0.1) is 24.6 Å². The predicted octanol–water partition coefficient (Wildman–Crippen LogP) is 12.3. The van der Waals surface area contributed by atoms with Crippen LogP contribution in [-0.2, 0) is 37.7 Å². The molecular formula is C58H76N6O6Si. The van der Waals surface area contributed by atoms with Crippen molar-refractivity contribution >= 4 is 37.6 Å². The van der Waals surface area contributed by atoms with Crippen molar-refractivity contribution in [1.29, 1.82) is 0 Å². The summed E-state index contributed by atoms with van der Waals surface area (Å²) in [4.78, 5) is 57.2. The maximum absolute atomic E-state index is 15.7. The number of aromatic nitrogens is 2. The van der Waals surface area contributed by atoms with E-state index >= 15 is 9.59 Å². The molecule has 3 aliphatic heterocycles. The molecule has 5 aromatic rings. The van der Waals surface area contributed by atoms with Gasteiger partial charge in [-0.3, -0.25) is 14.5 Å². The third-order valence-corrected chi connectivity index (χ3v) is 21.3. The molecule has 0 aliphatic carbocycles. The molecule has 8 rings (SSSR count). The largest absolute Gasteiger partial charge is 0.543 e. The molecule has 0 unspecified atom stereocenters. The molecule has 1 atom stereocenters. The molecule has 0 radical (unpaired) electrons. The molecule has 13 heteroatoms. The fraction of sp³-hybridized carbons (Fsp3) is 0.483. The van der Waals surface area contributed by atoms with E-state index in [1.165, 1.54) is 12.0 Å². The Hall–Kier alpha value is -5.92. The summed E-state index contributed by atoms with van der Waals surface area (Å²) in [6, 6.07) is 26.0. The number of hydrogen-bond donors (Lipinski definition) is 0. The van der Waals surface area contributed by atoms with Crippen molar-refractivity contribution in [2.75, 3.05) is 38.2 Å².